The molecule has 1 heterocycles. The summed E-state index contributed by atoms with van der Waals surface area (Å²) in [6, 6.07) is 15.1. The highest BCUT2D eigenvalue weighted by atomic mass is 127. The smallest absolute Gasteiger partial charge is 0.214 e. The van der Waals surface area contributed by atoms with Gasteiger partial charge >= 0.3 is 0 Å². The number of benzene rings is 2. The number of aromatic nitrogens is 1. The SMILES string of the molecule is CN=C(NCc1ncc(-c2ccc(C)cc2)o1)NCC1(c2ccccc2F)CC1.I. The van der Waals surface area contributed by atoms with Gasteiger partial charge in [-0.05, 0) is 31.4 Å². The Morgan fingerprint density at radius 2 is 1.87 bits per heavy atom. The predicted octanol–water partition coefficient (Wildman–Crippen LogP) is 4.80. The molecule has 7 heteroatoms. The van der Waals surface area contributed by atoms with Crippen molar-refractivity contribution in [1.82, 2.24) is 15.6 Å². The van der Waals surface area contributed by atoms with Crippen LogP contribution in [0.2, 0.25) is 0 Å². The van der Waals surface area contributed by atoms with Crippen molar-refractivity contribution in [3.63, 3.8) is 0 Å². The molecule has 158 valence electrons. The van der Waals surface area contributed by atoms with Gasteiger partial charge in [0.15, 0.2) is 11.7 Å². The zero-order valence-electron chi connectivity index (χ0n) is 17.1. The van der Waals surface area contributed by atoms with Gasteiger partial charge in [-0.25, -0.2) is 9.37 Å². The predicted molar refractivity (Wildman–Crippen MR) is 128 cm³/mol. The molecule has 3 aromatic rings. The van der Waals surface area contributed by atoms with Crippen LogP contribution < -0.4 is 10.6 Å². The minimum absolute atomic E-state index is 0. The molecule has 1 saturated carbocycles. The Labute approximate surface area is 193 Å². The lowest BCUT2D eigenvalue weighted by atomic mass is 9.95. The summed E-state index contributed by atoms with van der Waals surface area (Å²) in [6.45, 7) is 3.10. The molecule has 0 spiro atoms. The van der Waals surface area contributed by atoms with E-state index in [0.29, 0.717) is 24.9 Å². The third-order valence-corrected chi connectivity index (χ3v) is 5.41. The molecule has 0 amide bonds. The highest BCUT2D eigenvalue weighted by molar-refractivity contribution is 14.0. The summed E-state index contributed by atoms with van der Waals surface area (Å²) in [5, 5.41) is 6.53. The number of halogens is 2. The molecule has 2 N–H and O–H groups in total. The van der Waals surface area contributed by atoms with E-state index in [-0.39, 0.29) is 35.2 Å². The Bertz CT molecular complexity index is 1010. The second-order valence-electron chi connectivity index (χ2n) is 7.52. The molecule has 1 fully saturated rings. The van der Waals surface area contributed by atoms with Crippen LogP contribution in [0.4, 0.5) is 4.39 Å². The number of hydrogen-bond acceptors (Lipinski definition) is 3. The van der Waals surface area contributed by atoms with E-state index >= 15 is 0 Å². The molecule has 0 radical (unpaired) electrons. The van der Waals surface area contributed by atoms with E-state index in [4.69, 9.17) is 4.42 Å². The molecule has 30 heavy (non-hydrogen) atoms. The van der Waals surface area contributed by atoms with Gasteiger partial charge in [0, 0.05) is 24.6 Å². The number of nitrogens with one attached hydrogen (secondary N) is 2. The normalized spacial score (nSPS) is 14.7. The molecule has 1 aliphatic carbocycles. The van der Waals surface area contributed by atoms with Crippen LogP contribution in [0.25, 0.3) is 11.3 Å². The van der Waals surface area contributed by atoms with E-state index in [2.05, 4.69) is 27.5 Å². The first-order valence-corrected chi connectivity index (χ1v) is 9.81. The Kier molecular flexibility index (Phi) is 7.12. The summed E-state index contributed by atoms with van der Waals surface area (Å²) in [5.41, 5.74) is 2.83. The second-order valence-corrected chi connectivity index (χ2v) is 7.52. The van der Waals surface area contributed by atoms with Gasteiger partial charge < -0.3 is 15.1 Å². The summed E-state index contributed by atoms with van der Waals surface area (Å²) in [7, 11) is 1.71. The number of guanidine groups is 1. The number of oxazole rings is 1. The molecular formula is C23H26FIN4O. The highest BCUT2D eigenvalue weighted by Crippen LogP contribution is 2.48. The van der Waals surface area contributed by atoms with Gasteiger partial charge in [0.25, 0.3) is 0 Å². The Morgan fingerprint density at radius 3 is 2.53 bits per heavy atom. The van der Waals surface area contributed by atoms with Crippen molar-refractivity contribution in [2.45, 2.75) is 31.7 Å². The van der Waals surface area contributed by atoms with Gasteiger partial charge in [-0.15, -0.1) is 24.0 Å². The van der Waals surface area contributed by atoms with Crippen LogP contribution in [-0.2, 0) is 12.0 Å². The molecule has 1 aliphatic rings. The maximum Gasteiger partial charge on any atom is 0.214 e. The van der Waals surface area contributed by atoms with Gasteiger partial charge in [-0.1, -0.05) is 48.0 Å². The first-order valence-electron chi connectivity index (χ1n) is 9.81. The lowest BCUT2D eigenvalue weighted by Gasteiger charge is -2.19. The van der Waals surface area contributed by atoms with Gasteiger partial charge in [0.2, 0.25) is 5.89 Å². The minimum Gasteiger partial charge on any atom is -0.439 e. The maximum atomic E-state index is 14.2. The molecule has 0 aliphatic heterocycles. The van der Waals surface area contributed by atoms with Crippen LogP contribution in [-0.4, -0.2) is 24.5 Å². The van der Waals surface area contributed by atoms with Crippen molar-refractivity contribution in [1.29, 1.82) is 0 Å². The molecule has 4 rings (SSSR count). The third-order valence-electron chi connectivity index (χ3n) is 5.41. The Balaban J connectivity index is 0.00000256. The van der Waals surface area contributed by atoms with E-state index < -0.39 is 0 Å². The first-order chi connectivity index (χ1) is 14.1. The average molecular weight is 520 g/mol. The molecule has 2 aromatic carbocycles. The van der Waals surface area contributed by atoms with E-state index in [1.54, 1.807) is 19.3 Å². The molecule has 0 unspecified atom stereocenters. The second kappa shape index (κ2) is 9.59. The molecule has 0 bridgehead atoms. The fourth-order valence-electron chi connectivity index (χ4n) is 3.46. The lowest BCUT2D eigenvalue weighted by molar-refractivity contribution is 0.496. The van der Waals surface area contributed by atoms with Crippen LogP contribution in [0, 0.1) is 12.7 Å². The van der Waals surface area contributed by atoms with E-state index in [1.807, 2.05) is 36.4 Å². The molecular weight excluding hydrogens is 494 g/mol. The van der Waals surface area contributed by atoms with Crippen LogP contribution in [0.3, 0.4) is 0 Å². The van der Waals surface area contributed by atoms with Gasteiger partial charge in [-0.3, -0.25) is 4.99 Å². The Morgan fingerprint density at radius 1 is 1.13 bits per heavy atom. The standard InChI is InChI=1S/C23H25FN4O.HI/c1-16-7-9-17(10-8-16)20-13-26-21(29-20)14-27-22(25-2)28-15-23(11-12-23)18-5-3-4-6-19(18)24;/h3-10,13H,11-12,14-15H2,1-2H3,(H2,25,27,28);1H. The highest BCUT2D eigenvalue weighted by Gasteiger charge is 2.45. The monoisotopic (exact) mass is 520 g/mol. The van der Waals surface area contributed by atoms with Crippen LogP contribution in [0.15, 0.2) is 64.1 Å². The summed E-state index contributed by atoms with van der Waals surface area (Å²) in [6.07, 6.45) is 3.67. The quantitative estimate of drug-likeness (QED) is 0.279. The molecule has 0 atom stereocenters. The number of aryl methyl sites for hydroxylation is 1. The summed E-state index contributed by atoms with van der Waals surface area (Å²) >= 11 is 0. The van der Waals surface area contributed by atoms with Crippen LogP contribution in [0.5, 0.6) is 0 Å². The van der Waals surface area contributed by atoms with Gasteiger partial charge in [-0.2, -0.15) is 0 Å². The van der Waals surface area contributed by atoms with Crippen molar-refractivity contribution in [3.05, 3.63) is 77.6 Å². The van der Waals surface area contributed by atoms with Crippen molar-refractivity contribution in [2.24, 2.45) is 4.99 Å². The first kappa shape index (κ1) is 22.3. The largest absolute Gasteiger partial charge is 0.439 e. The van der Waals surface area contributed by atoms with Crippen molar-refractivity contribution in [2.75, 3.05) is 13.6 Å². The summed E-state index contributed by atoms with van der Waals surface area (Å²) in [5.74, 6) is 1.82. The van der Waals surface area contributed by atoms with Crippen molar-refractivity contribution in [3.8, 4) is 11.3 Å². The minimum atomic E-state index is -0.148. The van der Waals surface area contributed by atoms with E-state index in [9.17, 15) is 4.39 Å². The lowest BCUT2D eigenvalue weighted by Crippen LogP contribution is -2.41. The fraction of sp³-hybridized carbons (Fsp3) is 0.304. The Hall–Kier alpha value is -2.42. The van der Waals surface area contributed by atoms with E-state index in [0.717, 1.165) is 29.7 Å². The number of nitrogens with zero attached hydrogens (tertiary/aromatic N) is 2. The van der Waals surface area contributed by atoms with Crippen molar-refractivity contribution < 1.29 is 8.81 Å². The van der Waals surface area contributed by atoms with Gasteiger partial charge in [0.05, 0.1) is 12.7 Å². The topological polar surface area (TPSA) is 62.5 Å². The van der Waals surface area contributed by atoms with Gasteiger partial charge in [0.1, 0.15) is 5.82 Å². The molecule has 0 saturated heterocycles. The number of hydrogen-bond donors (Lipinski definition) is 2. The zero-order chi connectivity index (χ0) is 20.3. The zero-order valence-corrected chi connectivity index (χ0v) is 19.4. The van der Waals surface area contributed by atoms with Crippen LogP contribution >= 0.6 is 24.0 Å². The fourth-order valence-corrected chi connectivity index (χ4v) is 3.46. The van der Waals surface area contributed by atoms with Crippen LogP contribution in [0.1, 0.15) is 29.9 Å². The summed E-state index contributed by atoms with van der Waals surface area (Å²) in [4.78, 5) is 8.60. The maximum absolute atomic E-state index is 14.2. The molecule has 5 nitrogen and oxygen atoms in total. The van der Waals surface area contributed by atoms with Crippen molar-refractivity contribution >= 4 is 29.9 Å². The molecule has 1 aromatic heterocycles. The number of aliphatic imine (C=N–C) groups is 1. The number of rotatable bonds is 6. The summed E-state index contributed by atoms with van der Waals surface area (Å²) < 4.78 is 20.0. The van der Waals surface area contributed by atoms with E-state index in [1.165, 1.54) is 11.6 Å². The average Bonchev–Trinajstić information content (AvgIpc) is 3.37. The third kappa shape index (κ3) is 5.00.